The zero-order valence-electron chi connectivity index (χ0n) is 6.49. The molecule has 0 saturated heterocycles. The van der Waals surface area contributed by atoms with E-state index in [0.29, 0.717) is 0 Å². The third-order valence-corrected chi connectivity index (χ3v) is 3.30. The van der Waals surface area contributed by atoms with Crippen molar-refractivity contribution in [3.05, 3.63) is 0 Å². The topological polar surface area (TPSA) is 115 Å². The van der Waals surface area contributed by atoms with Crippen LogP contribution in [-0.2, 0) is 9.13 Å². The molecule has 0 aliphatic carbocycles. The van der Waals surface area contributed by atoms with E-state index >= 15 is 0 Å². The molecule has 12 heavy (non-hydrogen) atoms. The monoisotopic (exact) mass is 218 g/mol. The summed E-state index contributed by atoms with van der Waals surface area (Å²) in [7, 11) is -8.30. The fourth-order valence-corrected chi connectivity index (χ4v) is 2.96. The lowest BCUT2D eigenvalue weighted by Crippen LogP contribution is -2.07. The van der Waals surface area contributed by atoms with Crippen molar-refractivity contribution >= 4 is 15.2 Å². The minimum Gasteiger partial charge on any atom is -0.324 e. The third-order valence-electron chi connectivity index (χ3n) is 1.10. The highest BCUT2D eigenvalue weighted by molar-refractivity contribution is 7.52. The molecule has 4 N–H and O–H groups in total. The fourth-order valence-electron chi connectivity index (χ4n) is 0.870. The molecule has 0 amide bonds. The van der Waals surface area contributed by atoms with Crippen LogP contribution in [0, 0.1) is 5.92 Å². The molecular weight excluding hydrogens is 206 g/mol. The van der Waals surface area contributed by atoms with Gasteiger partial charge in [-0.1, -0.05) is 6.92 Å². The van der Waals surface area contributed by atoms with Crippen LogP contribution in [0.2, 0.25) is 0 Å². The molecule has 0 aromatic carbocycles. The number of hydrogen-bond acceptors (Lipinski definition) is 2. The van der Waals surface area contributed by atoms with Gasteiger partial charge >= 0.3 is 15.2 Å². The van der Waals surface area contributed by atoms with Crippen LogP contribution in [0.4, 0.5) is 0 Å². The van der Waals surface area contributed by atoms with E-state index < -0.39 is 33.4 Å². The molecular formula is C4H12O6P2. The lowest BCUT2D eigenvalue weighted by molar-refractivity contribution is 0.355. The summed E-state index contributed by atoms with van der Waals surface area (Å²) in [5, 5.41) is 0. The summed E-state index contributed by atoms with van der Waals surface area (Å²) < 4.78 is 20.7. The molecule has 0 aliphatic rings. The van der Waals surface area contributed by atoms with Crippen molar-refractivity contribution in [2.75, 3.05) is 12.3 Å². The second-order valence-electron chi connectivity index (χ2n) is 2.80. The molecule has 0 saturated carbocycles. The van der Waals surface area contributed by atoms with Gasteiger partial charge in [0.05, 0.1) is 12.3 Å². The van der Waals surface area contributed by atoms with Crippen molar-refractivity contribution in [2.24, 2.45) is 5.92 Å². The Morgan fingerprint density at radius 2 is 1.25 bits per heavy atom. The first-order valence-electron chi connectivity index (χ1n) is 3.19. The lowest BCUT2D eigenvalue weighted by Gasteiger charge is -2.12. The maximum atomic E-state index is 10.4. The predicted molar refractivity (Wildman–Crippen MR) is 43.0 cm³/mol. The van der Waals surface area contributed by atoms with Crippen molar-refractivity contribution in [1.29, 1.82) is 0 Å². The second kappa shape index (κ2) is 4.01. The minimum atomic E-state index is -4.15. The SMILES string of the molecule is CC(CP(=O)(O)O)CP(=O)(O)O. The van der Waals surface area contributed by atoms with Crippen LogP contribution in [0.25, 0.3) is 0 Å². The van der Waals surface area contributed by atoms with E-state index in [1.54, 1.807) is 0 Å². The van der Waals surface area contributed by atoms with Gasteiger partial charge in [-0.05, 0) is 5.92 Å². The average molecular weight is 218 g/mol. The molecule has 0 fully saturated rings. The second-order valence-corrected chi connectivity index (χ2v) is 6.19. The number of rotatable bonds is 4. The molecule has 0 aliphatic heterocycles. The largest absolute Gasteiger partial charge is 0.325 e. The van der Waals surface area contributed by atoms with Crippen LogP contribution in [0.15, 0.2) is 0 Å². The van der Waals surface area contributed by atoms with Gasteiger partial charge in [0, 0.05) is 0 Å². The summed E-state index contributed by atoms with van der Waals surface area (Å²) >= 11 is 0. The van der Waals surface area contributed by atoms with Crippen LogP contribution in [0.5, 0.6) is 0 Å². The molecule has 0 aromatic rings. The predicted octanol–water partition coefficient (Wildman–Crippen LogP) is -0.0221. The maximum absolute atomic E-state index is 10.4. The smallest absolute Gasteiger partial charge is 0.324 e. The van der Waals surface area contributed by atoms with Crippen molar-refractivity contribution < 1.29 is 28.7 Å². The quantitative estimate of drug-likeness (QED) is 0.493. The van der Waals surface area contributed by atoms with E-state index in [4.69, 9.17) is 19.6 Å². The average Bonchev–Trinajstić information content (AvgIpc) is 1.49. The molecule has 6 nitrogen and oxygen atoms in total. The van der Waals surface area contributed by atoms with E-state index in [1.807, 2.05) is 0 Å². The molecule has 0 unspecified atom stereocenters. The summed E-state index contributed by atoms with van der Waals surface area (Å²) in [5.74, 6) is -0.674. The summed E-state index contributed by atoms with van der Waals surface area (Å²) in [4.78, 5) is 33.8. The van der Waals surface area contributed by atoms with Gasteiger partial charge in [-0.2, -0.15) is 0 Å². The standard InChI is InChI=1S/C4H12O6P2/c1-4(2-11(5,6)7)3-12(8,9)10/h4H,2-3H2,1H3,(H2,5,6,7)(H2,8,9,10). The van der Waals surface area contributed by atoms with Crippen molar-refractivity contribution in [1.82, 2.24) is 0 Å². The zero-order valence-corrected chi connectivity index (χ0v) is 8.28. The normalized spacial score (nSPS) is 13.8. The van der Waals surface area contributed by atoms with Crippen molar-refractivity contribution in [2.45, 2.75) is 6.92 Å². The van der Waals surface area contributed by atoms with Crippen molar-refractivity contribution in [3.63, 3.8) is 0 Å². The molecule has 74 valence electrons. The van der Waals surface area contributed by atoms with Gasteiger partial charge < -0.3 is 19.6 Å². The third kappa shape index (κ3) is 8.40. The molecule has 0 atom stereocenters. The Kier molecular flexibility index (Phi) is 4.11. The van der Waals surface area contributed by atoms with Gasteiger partial charge in [0.1, 0.15) is 0 Å². The molecule has 0 radical (unpaired) electrons. The summed E-state index contributed by atoms with van der Waals surface area (Å²) in [6.07, 6.45) is -0.976. The van der Waals surface area contributed by atoms with E-state index in [0.717, 1.165) is 0 Å². The first kappa shape index (κ1) is 12.3. The van der Waals surface area contributed by atoms with E-state index in [9.17, 15) is 9.13 Å². The van der Waals surface area contributed by atoms with Gasteiger partial charge in [-0.3, -0.25) is 9.13 Å². The van der Waals surface area contributed by atoms with Crippen LogP contribution in [0.1, 0.15) is 6.92 Å². The number of hydrogen-bond donors (Lipinski definition) is 4. The van der Waals surface area contributed by atoms with Crippen LogP contribution in [-0.4, -0.2) is 31.9 Å². The summed E-state index contributed by atoms with van der Waals surface area (Å²) in [5.41, 5.74) is 0. The Bertz CT molecular complexity index is 202. The minimum absolute atomic E-state index is 0.488. The Balaban J connectivity index is 4.00. The van der Waals surface area contributed by atoms with Gasteiger partial charge in [-0.15, -0.1) is 0 Å². The van der Waals surface area contributed by atoms with Crippen LogP contribution >= 0.6 is 15.2 Å². The Morgan fingerprint density at radius 1 is 1.00 bits per heavy atom. The van der Waals surface area contributed by atoms with Gasteiger partial charge in [0.15, 0.2) is 0 Å². The maximum Gasteiger partial charge on any atom is 0.325 e. The van der Waals surface area contributed by atoms with Crippen LogP contribution in [0.3, 0.4) is 0 Å². The summed E-state index contributed by atoms with van der Waals surface area (Å²) in [6.45, 7) is 1.39. The van der Waals surface area contributed by atoms with Gasteiger partial charge in [0.2, 0.25) is 0 Å². The van der Waals surface area contributed by atoms with Crippen LogP contribution < -0.4 is 0 Å². The lowest BCUT2D eigenvalue weighted by atomic mass is 10.3. The van der Waals surface area contributed by atoms with E-state index in [2.05, 4.69) is 0 Å². The van der Waals surface area contributed by atoms with Crippen molar-refractivity contribution in [3.8, 4) is 0 Å². The highest BCUT2D eigenvalue weighted by Gasteiger charge is 2.24. The highest BCUT2D eigenvalue weighted by atomic mass is 31.2. The summed E-state index contributed by atoms with van der Waals surface area (Å²) in [6, 6.07) is 0. The van der Waals surface area contributed by atoms with E-state index in [-0.39, 0.29) is 0 Å². The Labute approximate surface area is 69.9 Å². The fraction of sp³-hybridized carbons (Fsp3) is 1.00. The highest BCUT2D eigenvalue weighted by Crippen LogP contribution is 2.42. The molecule has 0 spiro atoms. The first-order valence-corrected chi connectivity index (χ1v) is 6.79. The van der Waals surface area contributed by atoms with E-state index in [1.165, 1.54) is 6.92 Å². The first-order chi connectivity index (χ1) is 5.10. The Morgan fingerprint density at radius 3 is 1.42 bits per heavy atom. The Hall–Kier alpha value is 0.300. The molecule has 0 bridgehead atoms. The molecule has 0 heterocycles. The van der Waals surface area contributed by atoms with Gasteiger partial charge in [-0.25, -0.2) is 0 Å². The molecule has 0 aromatic heterocycles. The zero-order chi connectivity index (χ0) is 9.99. The molecule has 8 heteroatoms. The van der Waals surface area contributed by atoms with Gasteiger partial charge in [0.25, 0.3) is 0 Å². The molecule has 0 rings (SSSR count).